The van der Waals surface area contributed by atoms with Gasteiger partial charge in [0.1, 0.15) is 5.69 Å². The average molecular weight is 384 g/mol. The van der Waals surface area contributed by atoms with Crippen molar-refractivity contribution in [2.75, 3.05) is 13.7 Å². The fourth-order valence-corrected chi connectivity index (χ4v) is 3.35. The molecule has 0 aliphatic carbocycles. The van der Waals surface area contributed by atoms with Gasteiger partial charge in [-0.3, -0.25) is 9.59 Å². The minimum atomic E-state index is -0.660. The molecule has 0 aliphatic rings. The Balaban J connectivity index is 2.37. The van der Waals surface area contributed by atoms with Crippen molar-refractivity contribution >= 4 is 17.7 Å². The van der Waals surface area contributed by atoms with Crippen LogP contribution in [-0.2, 0) is 4.74 Å². The summed E-state index contributed by atoms with van der Waals surface area (Å²) in [7, 11) is 1.30. The molecule has 0 radical (unpaired) electrons. The monoisotopic (exact) mass is 384 g/mol. The van der Waals surface area contributed by atoms with E-state index in [9.17, 15) is 14.4 Å². The van der Waals surface area contributed by atoms with Gasteiger partial charge in [0.25, 0.3) is 5.91 Å². The maximum Gasteiger partial charge on any atom is 0.354 e. The minimum absolute atomic E-state index is 0.179. The molecular formula is C22H28N2O4. The molecule has 2 rings (SSSR count). The predicted molar refractivity (Wildman–Crippen MR) is 108 cm³/mol. The van der Waals surface area contributed by atoms with Crippen molar-refractivity contribution in [3.05, 3.63) is 57.9 Å². The highest BCUT2D eigenvalue weighted by molar-refractivity contribution is 6.07. The van der Waals surface area contributed by atoms with Gasteiger partial charge in [-0.2, -0.15) is 0 Å². The van der Waals surface area contributed by atoms with Gasteiger partial charge < -0.3 is 14.6 Å². The Labute approximate surface area is 165 Å². The second kappa shape index (κ2) is 8.87. The summed E-state index contributed by atoms with van der Waals surface area (Å²) >= 11 is 0. The number of amides is 1. The Morgan fingerprint density at radius 3 is 2.25 bits per heavy atom. The van der Waals surface area contributed by atoms with E-state index in [0.717, 1.165) is 12.0 Å². The summed E-state index contributed by atoms with van der Waals surface area (Å²) in [5.74, 6) is -0.898. The van der Waals surface area contributed by atoms with E-state index in [4.69, 9.17) is 4.74 Å². The number of ether oxygens (including phenoxy) is 1. The molecule has 6 nitrogen and oxygen atoms in total. The standard InChI is InChI=1S/C22H28N2O4/c1-7-12-24(21(26)17-10-8-13(2)9-11-17)16(5)20(25)18-14(3)19(22(27)28-6)23-15(18)4/h8-11,16,23H,7,12H2,1-6H3. The van der Waals surface area contributed by atoms with E-state index in [0.29, 0.717) is 28.9 Å². The molecule has 150 valence electrons. The zero-order chi connectivity index (χ0) is 21.0. The van der Waals surface area contributed by atoms with Gasteiger partial charge in [-0.15, -0.1) is 0 Å². The number of Topliss-reactive ketones (excluding diaryl/α,β-unsaturated/α-hetero) is 1. The van der Waals surface area contributed by atoms with Crippen molar-refractivity contribution in [2.45, 2.75) is 47.1 Å². The van der Waals surface area contributed by atoms with E-state index in [1.54, 1.807) is 37.8 Å². The zero-order valence-corrected chi connectivity index (χ0v) is 17.4. The van der Waals surface area contributed by atoms with Gasteiger partial charge in [-0.25, -0.2) is 4.79 Å². The molecule has 0 spiro atoms. The van der Waals surface area contributed by atoms with Gasteiger partial charge in [0.15, 0.2) is 5.78 Å². The largest absolute Gasteiger partial charge is 0.464 e. The van der Waals surface area contributed by atoms with Gasteiger partial charge >= 0.3 is 5.97 Å². The molecule has 0 saturated carbocycles. The van der Waals surface area contributed by atoms with Crippen molar-refractivity contribution in [3.63, 3.8) is 0 Å². The molecule has 28 heavy (non-hydrogen) atoms. The second-order valence-corrected chi connectivity index (χ2v) is 7.02. The lowest BCUT2D eigenvalue weighted by molar-refractivity contribution is 0.0592. The van der Waals surface area contributed by atoms with Crippen molar-refractivity contribution in [1.29, 1.82) is 0 Å². The number of rotatable bonds is 7. The summed E-state index contributed by atoms with van der Waals surface area (Å²) in [4.78, 5) is 42.7. The maximum absolute atomic E-state index is 13.3. The lowest BCUT2D eigenvalue weighted by atomic mass is 9.99. The number of aryl methyl sites for hydroxylation is 2. The molecule has 1 aromatic carbocycles. The van der Waals surface area contributed by atoms with Crippen LogP contribution in [-0.4, -0.2) is 47.2 Å². The molecule has 0 saturated heterocycles. The Morgan fingerprint density at radius 2 is 1.71 bits per heavy atom. The number of carbonyl (C=O) groups excluding carboxylic acids is 3. The van der Waals surface area contributed by atoms with Crippen molar-refractivity contribution < 1.29 is 19.1 Å². The first-order valence-corrected chi connectivity index (χ1v) is 9.42. The number of hydrogen-bond donors (Lipinski definition) is 1. The number of esters is 1. The summed E-state index contributed by atoms with van der Waals surface area (Å²) in [6.07, 6.45) is 0.730. The Kier molecular flexibility index (Phi) is 6.78. The number of hydrogen-bond acceptors (Lipinski definition) is 4. The van der Waals surface area contributed by atoms with Crippen LogP contribution >= 0.6 is 0 Å². The normalized spacial score (nSPS) is 11.8. The third-order valence-corrected chi connectivity index (χ3v) is 4.94. The average Bonchev–Trinajstić information content (AvgIpc) is 2.98. The number of nitrogens with one attached hydrogen (secondary N) is 1. The molecule has 0 fully saturated rings. The van der Waals surface area contributed by atoms with Crippen LogP contribution in [0.15, 0.2) is 24.3 Å². The molecule has 1 atom stereocenters. The molecule has 0 aliphatic heterocycles. The highest BCUT2D eigenvalue weighted by Gasteiger charge is 2.31. The number of benzene rings is 1. The van der Waals surface area contributed by atoms with Gasteiger partial charge in [0.2, 0.25) is 0 Å². The van der Waals surface area contributed by atoms with Crippen LogP contribution < -0.4 is 0 Å². The quantitative estimate of drug-likeness (QED) is 0.581. The summed E-state index contributed by atoms with van der Waals surface area (Å²) in [5.41, 5.74) is 3.45. The van der Waals surface area contributed by atoms with Crippen molar-refractivity contribution in [3.8, 4) is 0 Å². The first-order chi connectivity index (χ1) is 13.2. The van der Waals surface area contributed by atoms with E-state index in [2.05, 4.69) is 4.98 Å². The number of aromatic amines is 1. The summed E-state index contributed by atoms with van der Waals surface area (Å²) in [6, 6.07) is 6.66. The van der Waals surface area contributed by atoms with E-state index < -0.39 is 12.0 Å². The van der Waals surface area contributed by atoms with Crippen molar-refractivity contribution in [1.82, 2.24) is 9.88 Å². The first-order valence-electron chi connectivity index (χ1n) is 9.42. The Hall–Kier alpha value is -2.89. The molecule has 6 heteroatoms. The van der Waals surface area contributed by atoms with E-state index in [1.165, 1.54) is 7.11 Å². The summed E-state index contributed by atoms with van der Waals surface area (Å²) in [6.45, 7) is 9.57. The molecule has 1 heterocycles. The zero-order valence-electron chi connectivity index (χ0n) is 17.4. The second-order valence-electron chi connectivity index (χ2n) is 7.02. The topological polar surface area (TPSA) is 79.5 Å². The predicted octanol–water partition coefficient (Wildman–Crippen LogP) is 3.85. The lowest BCUT2D eigenvalue weighted by Gasteiger charge is -2.28. The van der Waals surface area contributed by atoms with Gasteiger partial charge in [0.05, 0.1) is 13.2 Å². The maximum atomic E-state index is 13.3. The highest BCUT2D eigenvalue weighted by atomic mass is 16.5. The highest BCUT2D eigenvalue weighted by Crippen LogP contribution is 2.23. The van der Waals surface area contributed by atoms with Crippen molar-refractivity contribution in [2.24, 2.45) is 0 Å². The Bertz CT molecular complexity index is 881. The van der Waals surface area contributed by atoms with Crippen LogP contribution in [0.5, 0.6) is 0 Å². The molecule has 1 aromatic heterocycles. The lowest BCUT2D eigenvalue weighted by Crippen LogP contribution is -2.44. The number of carbonyl (C=O) groups is 3. The Morgan fingerprint density at radius 1 is 1.11 bits per heavy atom. The van der Waals surface area contributed by atoms with Gasteiger partial charge in [-0.05, 0) is 51.8 Å². The smallest absolute Gasteiger partial charge is 0.354 e. The van der Waals surface area contributed by atoms with Gasteiger partial charge in [0, 0.05) is 23.4 Å². The fraction of sp³-hybridized carbons (Fsp3) is 0.409. The summed E-state index contributed by atoms with van der Waals surface area (Å²) < 4.78 is 4.77. The molecule has 1 unspecified atom stereocenters. The van der Waals surface area contributed by atoms with E-state index >= 15 is 0 Å². The molecule has 1 N–H and O–H groups in total. The third-order valence-electron chi connectivity index (χ3n) is 4.94. The van der Waals surface area contributed by atoms with Crippen LogP contribution in [0.25, 0.3) is 0 Å². The van der Waals surface area contributed by atoms with Crippen LogP contribution in [0.4, 0.5) is 0 Å². The SMILES string of the molecule is CCCN(C(=O)c1ccc(C)cc1)C(C)C(=O)c1c(C)[nH]c(C(=O)OC)c1C. The third kappa shape index (κ3) is 4.16. The van der Waals surface area contributed by atoms with Gasteiger partial charge in [-0.1, -0.05) is 24.6 Å². The first kappa shape index (κ1) is 21.4. The van der Waals surface area contributed by atoms with E-state index in [-0.39, 0.29) is 17.4 Å². The number of methoxy groups -OCH3 is 1. The van der Waals surface area contributed by atoms with Crippen LogP contribution in [0.3, 0.4) is 0 Å². The number of ketones is 1. The minimum Gasteiger partial charge on any atom is -0.464 e. The molecule has 0 bridgehead atoms. The number of nitrogens with zero attached hydrogens (tertiary/aromatic N) is 1. The molecule has 1 amide bonds. The van der Waals surface area contributed by atoms with Crippen LogP contribution in [0.2, 0.25) is 0 Å². The number of H-pyrrole nitrogens is 1. The molecule has 2 aromatic rings. The summed E-state index contributed by atoms with van der Waals surface area (Å²) in [5, 5.41) is 0. The fourth-order valence-electron chi connectivity index (χ4n) is 3.35. The molecular weight excluding hydrogens is 356 g/mol. The van der Waals surface area contributed by atoms with Crippen LogP contribution in [0, 0.1) is 20.8 Å². The number of aromatic nitrogens is 1. The van der Waals surface area contributed by atoms with E-state index in [1.807, 2.05) is 26.0 Å². The van der Waals surface area contributed by atoms with Crippen LogP contribution in [0.1, 0.15) is 68.3 Å².